The first-order valence-corrected chi connectivity index (χ1v) is 9.88. The third-order valence-corrected chi connectivity index (χ3v) is 6.27. The fourth-order valence-corrected chi connectivity index (χ4v) is 4.68. The molecule has 1 fully saturated rings. The molecule has 0 aliphatic carbocycles. The minimum atomic E-state index is 0.0405. The number of likely N-dealkylation sites (tertiary alicyclic amines) is 1. The Bertz CT molecular complexity index is 928. The summed E-state index contributed by atoms with van der Waals surface area (Å²) >= 11 is 1.77. The highest BCUT2D eigenvalue weighted by Crippen LogP contribution is 2.34. The van der Waals surface area contributed by atoms with Crippen molar-refractivity contribution in [2.45, 2.75) is 18.8 Å². The summed E-state index contributed by atoms with van der Waals surface area (Å²) in [6.45, 7) is 1.49. The van der Waals surface area contributed by atoms with Gasteiger partial charge in [-0.15, -0.1) is 11.3 Å². The Balaban J connectivity index is 1.45. The van der Waals surface area contributed by atoms with Crippen LogP contribution >= 0.6 is 11.3 Å². The zero-order valence-electron chi connectivity index (χ0n) is 15.5. The zero-order valence-corrected chi connectivity index (χ0v) is 16.3. The molecule has 0 spiro atoms. The van der Waals surface area contributed by atoms with Crippen molar-refractivity contribution in [3.8, 4) is 11.5 Å². The molecule has 1 saturated heterocycles. The van der Waals surface area contributed by atoms with Crippen LogP contribution in [0.2, 0.25) is 0 Å². The Kier molecular flexibility index (Phi) is 4.99. The number of carbonyl (C=O) groups excluding carboxylic acids is 1. The van der Waals surface area contributed by atoms with Gasteiger partial charge in [-0.25, -0.2) is 4.98 Å². The number of amides is 1. The third kappa shape index (κ3) is 3.49. The maximum Gasteiger partial charge on any atom is 0.253 e. The van der Waals surface area contributed by atoms with Crippen LogP contribution in [0.25, 0.3) is 10.2 Å². The number of piperidine rings is 1. The molecule has 0 saturated carbocycles. The molecule has 1 aromatic heterocycles. The van der Waals surface area contributed by atoms with E-state index >= 15 is 0 Å². The van der Waals surface area contributed by atoms with E-state index in [1.165, 1.54) is 9.71 Å². The van der Waals surface area contributed by atoms with Crippen molar-refractivity contribution in [2.75, 3.05) is 27.3 Å². The van der Waals surface area contributed by atoms with Gasteiger partial charge in [0.25, 0.3) is 5.91 Å². The van der Waals surface area contributed by atoms with Gasteiger partial charge in [-0.2, -0.15) is 0 Å². The molecular weight excluding hydrogens is 360 g/mol. The molecule has 0 unspecified atom stereocenters. The van der Waals surface area contributed by atoms with Crippen LogP contribution in [0.4, 0.5) is 0 Å². The number of aromatic nitrogens is 1. The van der Waals surface area contributed by atoms with Crippen LogP contribution in [-0.4, -0.2) is 43.1 Å². The van der Waals surface area contributed by atoms with E-state index in [4.69, 9.17) is 14.5 Å². The van der Waals surface area contributed by atoms with Crippen LogP contribution in [0.15, 0.2) is 42.5 Å². The summed E-state index contributed by atoms with van der Waals surface area (Å²) in [4.78, 5) is 19.6. The highest BCUT2D eigenvalue weighted by atomic mass is 32.1. The number of hydrogen-bond donors (Lipinski definition) is 0. The molecule has 3 aromatic rings. The van der Waals surface area contributed by atoms with Crippen LogP contribution in [0, 0.1) is 0 Å². The summed E-state index contributed by atoms with van der Waals surface area (Å²) in [6, 6.07) is 13.6. The van der Waals surface area contributed by atoms with Crippen molar-refractivity contribution in [3.05, 3.63) is 53.0 Å². The number of para-hydroxylation sites is 1. The monoisotopic (exact) mass is 382 g/mol. The highest BCUT2D eigenvalue weighted by Gasteiger charge is 2.27. The van der Waals surface area contributed by atoms with Crippen molar-refractivity contribution in [2.24, 2.45) is 0 Å². The van der Waals surface area contributed by atoms with E-state index in [1.807, 2.05) is 11.0 Å². The molecule has 0 N–H and O–H groups in total. The van der Waals surface area contributed by atoms with Gasteiger partial charge in [0, 0.05) is 24.6 Å². The molecule has 6 heteroatoms. The third-order valence-electron chi connectivity index (χ3n) is 5.07. The van der Waals surface area contributed by atoms with E-state index in [0.717, 1.165) is 31.4 Å². The van der Waals surface area contributed by atoms with E-state index < -0.39 is 0 Å². The number of hydrogen-bond acceptors (Lipinski definition) is 5. The van der Waals surface area contributed by atoms with Gasteiger partial charge in [0.1, 0.15) is 0 Å². The molecule has 0 atom stereocenters. The minimum Gasteiger partial charge on any atom is -0.493 e. The van der Waals surface area contributed by atoms with E-state index in [2.05, 4.69) is 18.2 Å². The SMILES string of the molecule is COc1ccc(C(=O)N2CCC(c3nc4ccccc4s3)CC2)cc1OC. The highest BCUT2D eigenvalue weighted by molar-refractivity contribution is 7.18. The quantitative estimate of drug-likeness (QED) is 0.674. The maximum atomic E-state index is 12.9. The van der Waals surface area contributed by atoms with Crippen LogP contribution in [0.3, 0.4) is 0 Å². The largest absolute Gasteiger partial charge is 0.493 e. The predicted molar refractivity (Wildman–Crippen MR) is 107 cm³/mol. The van der Waals surface area contributed by atoms with Gasteiger partial charge in [0.2, 0.25) is 0 Å². The van der Waals surface area contributed by atoms with Crippen molar-refractivity contribution >= 4 is 27.5 Å². The molecule has 5 nitrogen and oxygen atoms in total. The molecule has 0 radical (unpaired) electrons. The smallest absolute Gasteiger partial charge is 0.253 e. The second-order valence-corrected chi connectivity index (χ2v) is 7.72. The zero-order chi connectivity index (χ0) is 18.8. The van der Waals surface area contributed by atoms with Crippen molar-refractivity contribution in [1.29, 1.82) is 0 Å². The average molecular weight is 382 g/mol. The lowest BCUT2D eigenvalue weighted by atomic mass is 9.97. The lowest BCUT2D eigenvalue weighted by molar-refractivity contribution is 0.0712. The van der Waals surface area contributed by atoms with Gasteiger partial charge in [-0.05, 0) is 43.2 Å². The lowest BCUT2D eigenvalue weighted by Gasteiger charge is -2.31. The van der Waals surface area contributed by atoms with Gasteiger partial charge in [-0.1, -0.05) is 12.1 Å². The minimum absolute atomic E-state index is 0.0405. The van der Waals surface area contributed by atoms with Crippen molar-refractivity contribution in [1.82, 2.24) is 9.88 Å². The lowest BCUT2D eigenvalue weighted by Crippen LogP contribution is -2.37. The second-order valence-electron chi connectivity index (χ2n) is 6.66. The van der Waals surface area contributed by atoms with Gasteiger partial charge < -0.3 is 14.4 Å². The Morgan fingerprint density at radius 1 is 1.07 bits per heavy atom. The first-order chi connectivity index (χ1) is 13.2. The van der Waals surface area contributed by atoms with Gasteiger partial charge >= 0.3 is 0 Å². The summed E-state index contributed by atoms with van der Waals surface area (Å²) in [5, 5.41) is 1.19. The molecule has 2 aromatic carbocycles. The molecular formula is C21H22N2O3S. The molecule has 1 aliphatic heterocycles. The Morgan fingerprint density at radius 3 is 2.52 bits per heavy atom. The van der Waals surface area contributed by atoms with E-state index in [-0.39, 0.29) is 5.91 Å². The van der Waals surface area contributed by atoms with Crippen LogP contribution in [-0.2, 0) is 0 Å². The summed E-state index contributed by atoms with van der Waals surface area (Å²) in [5.74, 6) is 1.67. The Morgan fingerprint density at radius 2 is 1.81 bits per heavy atom. The van der Waals surface area contributed by atoms with Gasteiger partial charge in [0.15, 0.2) is 11.5 Å². The summed E-state index contributed by atoms with van der Waals surface area (Å²) in [7, 11) is 3.17. The molecule has 2 heterocycles. The van der Waals surface area contributed by atoms with Crippen LogP contribution < -0.4 is 9.47 Å². The average Bonchev–Trinajstić information content (AvgIpc) is 3.17. The van der Waals surface area contributed by atoms with E-state index in [1.54, 1.807) is 43.8 Å². The second kappa shape index (κ2) is 7.56. The number of thiazole rings is 1. The maximum absolute atomic E-state index is 12.9. The normalized spacial score (nSPS) is 15.1. The Hall–Kier alpha value is -2.60. The molecule has 27 heavy (non-hydrogen) atoms. The number of nitrogens with zero attached hydrogens (tertiary/aromatic N) is 2. The first-order valence-electron chi connectivity index (χ1n) is 9.06. The van der Waals surface area contributed by atoms with Gasteiger partial charge in [0.05, 0.1) is 29.4 Å². The van der Waals surface area contributed by atoms with E-state index in [0.29, 0.717) is 23.0 Å². The Labute approximate surface area is 162 Å². The molecule has 1 aliphatic rings. The van der Waals surface area contributed by atoms with E-state index in [9.17, 15) is 4.79 Å². The predicted octanol–water partition coefficient (Wildman–Crippen LogP) is 4.33. The summed E-state index contributed by atoms with van der Waals surface area (Å²) < 4.78 is 11.8. The topological polar surface area (TPSA) is 51.7 Å². The number of methoxy groups -OCH3 is 2. The first kappa shape index (κ1) is 17.8. The molecule has 4 rings (SSSR count). The van der Waals surface area contributed by atoms with Crippen LogP contribution in [0.1, 0.15) is 34.1 Å². The molecule has 1 amide bonds. The summed E-state index contributed by atoms with van der Waals surface area (Å²) in [5.41, 5.74) is 1.70. The fourth-order valence-electron chi connectivity index (χ4n) is 3.55. The van der Waals surface area contributed by atoms with Crippen LogP contribution in [0.5, 0.6) is 11.5 Å². The number of ether oxygens (including phenoxy) is 2. The molecule has 0 bridgehead atoms. The summed E-state index contributed by atoms with van der Waals surface area (Å²) in [6.07, 6.45) is 1.89. The van der Waals surface area contributed by atoms with Crippen molar-refractivity contribution in [3.63, 3.8) is 0 Å². The number of carbonyl (C=O) groups is 1. The number of benzene rings is 2. The standard InChI is InChI=1S/C21H22N2O3S/c1-25-17-8-7-15(13-18(17)26-2)21(24)23-11-9-14(10-12-23)20-22-16-5-3-4-6-19(16)27-20/h3-8,13-14H,9-12H2,1-2H3. The fraction of sp³-hybridized carbons (Fsp3) is 0.333. The van der Waals surface area contributed by atoms with Gasteiger partial charge in [-0.3, -0.25) is 4.79 Å². The van der Waals surface area contributed by atoms with Crippen molar-refractivity contribution < 1.29 is 14.3 Å². The number of rotatable bonds is 4. The number of fused-ring (bicyclic) bond motifs is 1. The molecule has 140 valence electrons.